The van der Waals surface area contributed by atoms with Crippen LogP contribution in [-0.4, -0.2) is 4.98 Å². The standard InChI is InChI=1S/C12H12N2.ClH/c13-9-11-7-4-8-12(14-11)10-5-2-1-3-6-10;/h1-8H,9,13H2;1H. The Morgan fingerprint density at radius 1 is 0.933 bits per heavy atom. The fourth-order valence-corrected chi connectivity index (χ4v) is 1.36. The molecule has 0 unspecified atom stereocenters. The fraction of sp³-hybridized carbons (Fsp3) is 0.0833. The highest BCUT2D eigenvalue weighted by molar-refractivity contribution is 5.85. The summed E-state index contributed by atoms with van der Waals surface area (Å²) in [7, 11) is 0. The lowest BCUT2D eigenvalue weighted by atomic mass is 10.1. The van der Waals surface area contributed by atoms with Crippen molar-refractivity contribution in [3.8, 4) is 11.3 Å². The van der Waals surface area contributed by atoms with E-state index in [0.29, 0.717) is 6.54 Å². The van der Waals surface area contributed by atoms with E-state index in [-0.39, 0.29) is 12.4 Å². The van der Waals surface area contributed by atoms with E-state index in [2.05, 4.69) is 4.98 Å². The first-order valence-electron chi connectivity index (χ1n) is 4.61. The minimum absolute atomic E-state index is 0. The van der Waals surface area contributed by atoms with Gasteiger partial charge in [-0.15, -0.1) is 12.4 Å². The molecule has 0 atom stereocenters. The Hall–Kier alpha value is -1.38. The highest BCUT2D eigenvalue weighted by Gasteiger charge is 1.98. The van der Waals surface area contributed by atoms with Crippen LogP contribution in [0, 0.1) is 0 Å². The predicted octanol–water partition coefficient (Wildman–Crippen LogP) is 2.63. The van der Waals surface area contributed by atoms with Crippen LogP contribution in [-0.2, 0) is 6.54 Å². The highest BCUT2D eigenvalue weighted by atomic mass is 35.5. The number of aromatic nitrogens is 1. The maximum absolute atomic E-state index is 5.53. The summed E-state index contributed by atoms with van der Waals surface area (Å²) >= 11 is 0. The number of halogens is 1. The van der Waals surface area contributed by atoms with Crippen LogP contribution in [0.4, 0.5) is 0 Å². The molecular weight excluding hydrogens is 208 g/mol. The average molecular weight is 221 g/mol. The Morgan fingerprint density at radius 3 is 2.33 bits per heavy atom. The molecule has 15 heavy (non-hydrogen) atoms. The maximum atomic E-state index is 5.53. The number of rotatable bonds is 2. The van der Waals surface area contributed by atoms with Gasteiger partial charge in [0.2, 0.25) is 0 Å². The van der Waals surface area contributed by atoms with Gasteiger partial charge in [0.1, 0.15) is 0 Å². The molecule has 2 rings (SSSR count). The van der Waals surface area contributed by atoms with Gasteiger partial charge in [-0.3, -0.25) is 4.98 Å². The molecule has 0 radical (unpaired) electrons. The van der Waals surface area contributed by atoms with Crippen molar-refractivity contribution in [3.05, 3.63) is 54.2 Å². The normalized spacial score (nSPS) is 9.40. The lowest BCUT2D eigenvalue weighted by molar-refractivity contribution is 0.994. The van der Waals surface area contributed by atoms with Gasteiger partial charge in [-0.25, -0.2) is 0 Å². The minimum Gasteiger partial charge on any atom is -0.325 e. The van der Waals surface area contributed by atoms with E-state index in [1.54, 1.807) is 0 Å². The number of pyridine rings is 1. The monoisotopic (exact) mass is 220 g/mol. The molecule has 2 nitrogen and oxygen atoms in total. The van der Waals surface area contributed by atoms with E-state index in [0.717, 1.165) is 17.0 Å². The first-order valence-corrected chi connectivity index (χ1v) is 4.61. The first kappa shape index (κ1) is 11.7. The Morgan fingerprint density at radius 2 is 1.67 bits per heavy atom. The first-order chi connectivity index (χ1) is 6.90. The second-order valence-corrected chi connectivity index (χ2v) is 3.08. The van der Waals surface area contributed by atoms with E-state index in [1.807, 2.05) is 48.5 Å². The van der Waals surface area contributed by atoms with Gasteiger partial charge in [-0.2, -0.15) is 0 Å². The molecule has 1 heterocycles. The second-order valence-electron chi connectivity index (χ2n) is 3.08. The van der Waals surface area contributed by atoms with Gasteiger partial charge in [0.25, 0.3) is 0 Å². The zero-order valence-electron chi connectivity index (χ0n) is 8.26. The second kappa shape index (κ2) is 5.49. The molecule has 1 aromatic carbocycles. The molecule has 78 valence electrons. The molecule has 0 saturated heterocycles. The molecule has 0 bridgehead atoms. The Bertz CT molecular complexity index is 415. The summed E-state index contributed by atoms with van der Waals surface area (Å²) < 4.78 is 0. The summed E-state index contributed by atoms with van der Waals surface area (Å²) in [5, 5.41) is 0. The Kier molecular flexibility index (Phi) is 4.28. The molecule has 3 heteroatoms. The number of hydrogen-bond acceptors (Lipinski definition) is 2. The zero-order chi connectivity index (χ0) is 9.80. The van der Waals surface area contributed by atoms with Crippen LogP contribution in [0.2, 0.25) is 0 Å². The van der Waals surface area contributed by atoms with E-state index in [4.69, 9.17) is 5.73 Å². The Balaban J connectivity index is 0.00000112. The van der Waals surface area contributed by atoms with Gasteiger partial charge in [0.05, 0.1) is 11.4 Å². The van der Waals surface area contributed by atoms with Crippen LogP contribution in [0.1, 0.15) is 5.69 Å². The van der Waals surface area contributed by atoms with Gasteiger partial charge in [0.15, 0.2) is 0 Å². The van der Waals surface area contributed by atoms with E-state index in [9.17, 15) is 0 Å². The SMILES string of the molecule is Cl.NCc1cccc(-c2ccccc2)n1. The summed E-state index contributed by atoms with van der Waals surface area (Å²) in [6.07, 6.45) is 0. The predicted molar refractivity (Wildman–Crippen MR) is 64.8 cm³/mol. The third-order valence-corrected chi connectivity index (χ3v) is 2.09. The van der Waals surface area contributed by atoms with Crippen molar-refractivity contribution in [2.75, 3.05) is 0 Å². The van der Waals surface area contributed by atoms with E-state index < -0.39 is 0 Å². The van der Waals surface area contributed by atoms with Crippen molar-refractivity contribution in [3.63, 3.8) is 0 Å². The third-order valence-electron chi connectivity index (χ3n) is 2.09. The molecule has 0 saturated carbocycles. The molecule has 0 aliphatic rings. The van der Waals surface area contributed by atoms with Crippen LogP contribution in [0.3, 0.4) is 0 Å². The summed E-state index contributed by atoms with van der Waals surface area (Å²) in [6.45, 7) is 0.487. The van der Waals surface area contributed by atoms with Crippen molar-refractivity contribution in [2.24, 2.45) is 5.73 Å². The van der Waals surface area contributed by atoms with Crippen LogP contribution in [0.15, 0.2) is 48.5 Å². The van der Waals surface area contributed by atoms with Gasteiger partial charge in [0, 0.05) is 12.1 Å². The summed E-state index contributed by atoms with van der Waals surface area (Å²) in [4.78, 5) is 4.44. The quantitative estimate of drug-likeness (QED) is 0.845. The lowest BCUT2D eigenvalue weighted by Crippen LogP contribution is -1.99. The van der Waals surface area contributed by atoms with Crippen LogP contribution in [0.5, 0.6) is 0 Å². The van der Waals surface area contributed by atoms with Gasteiger partial charge >= 0.3 is 0 Å². The van der Waals surface area contributed by atoms with E-state index in [1.165, 1.54) is 0 Å². The van der Waals surface area contributed by atoms with Crippen molar-refractivity contribution >= 4 is 12.4 Å². The molecule has 2 N–H and O–H groups in total. The van der Waals surface area contributed by atoms with Gasteiger partial charge in [-0.1, -0.05) is 36.4 Å². The largest absolute Gasteiger partial charge is 0.325 e. The number of hydrogen-bond donors (Lipinski definition) is 1. The summed E-state index contributed by atoms with van der Waals surface area (Å²) in [5.74, 6) is 0. The molecule has 1 aromatic heterocycles. The fourth-order valence-electron chi connectivity index (χ4n) is 1.36. The molecule has 0 amide bonds. The van der Waals surface area contributed by atoms with Crippen LogP contribution < -0.4 is 5.73 Å². The average Bonchev–Trinajstić information content (AvgIpc) is 2.30. The highest BCUT2D eigenvalue weighted by Crippen LogP contribution is 2.15. The molecule has 0 spiro atoms. The zero-order valence-corrected chi connectivity index (χ0v) is 9.08. The molecular formula is C12H13ClN2. The van der Waals surface area contributed by atoms with Crippen molar-refractivity contribution in [2.45, 2.75) is 6.54 Å². The van der Waals surface area contributed by atoms with Crippen molar-refractivity contribution in [1.29, 1.82) is 0 Å². The van der Waals surface area contributed by atoms with Gasteiger partial charge in [-0.05, 0) is 12.1 Å². The molecule has 0 aliphatic heterocycles. The number of benzene rings is 1. The molecule has 0 fully saturated rings. The number of nitrogens with zero attached hydrogens (tertiary/aromatic N) is 1. The molecule has 2 aromatic rings. The topological polar surface area (TPSA) is 38.9 Å². The van der Waals surface area contributed by atoms with Crippen LogP contribution >= 0.6 is 12.4 Å². The lowest BCUT2D eigenvalue weighted by Gasteiger charge is -2.02. The minimum atomic E-state index is 0. The van der Waals surface area contributed by atoms with Crippen LogP contribution in [0.25, 0.3) is 11.3 Å². The third kappa shape index (κ3) is 2.78. The maximum Gasteiger partial charge on any atom is 0.0705 e. The summed E-state index contributed by atoms with van der Waals surface area (Å²) in [5.41, 5.74) is 8.56. The van der Waals surface area contributed by atoms with E-state index >= 15 is 0 Å². The smallest absolute Gasteiger partial charge is 0.0705 e. The van der Waals surface area contributed by atoms with Crippen molar-refractivity contribution in [1.82, 2.24) is 4.98 Å². The summed E-state index contributed by atoms with van der Waals surface area (Å²) in [6, 6.07) is 16.0. The van der Waals surface area contributed by atoms with Crippen molar-refractivity contribution < 1.29 is 0 Å². The molecule has 0 aliphatic carbocycles. The van der Waals surface area contributed by atoms with Gasteiger partial charge < -0.3 is 5.73 Å². The Labute approximate surface area is 95.6 Å². The number of nitrogens with two attached hydrogens (primary N) is 1.